The molecule has 1 heterocycles. The lowest BCUT2D eigenvalue weighted by Crippen LogP contribution is -2.31. The fourth-order valence-corrected chi connectivity index (χ4v) is 5.65. The Hall–Kier alpha value is -4.64. The monoisotopic (exact) mass is 501 g/mol. The van der Waals surface area contributed by atoms with E-state index >= 15 is 0 Å². The summed E-state index contributed by atoms with van der Waals surface area (Å²) in [6.07, 6.45) is 4.21. The predicted octanol–water partition coefficient (Wildman–Crippen LogP) is 6.73. The Morgan fingerprint density at radius 3 is 1.63 bits per heavy atom. The van der Waals surface area contributed by atoms with Crippen LogP contribution in [0.25, 0.3) is 0 Å². The van der Waals surface area contributed by atoms with Crippen LogP contribution in [-0.2, 0) is 9.59 Å². The summed E-state index contributed by atoms with van der Waals surface area (Å²) in [6.45, 7) is 0. The summed E-state index contributed by atoms with van der Waals surface area (Å²) in [4.78, 5) is 29.3. The summed E-state index contributed by atoms with van der Waals surface area (Å²) in [5.41, 5.74) is 2.62. The highest BCUT2D eigenvalue weighted by Gasteiger charge is 2.55. The second-order valence-electron chi connectivity index (χ2n) is 9.60. The van der Waals surface area contributed by atoms with Crippen molar-refractivity contribution < 1.29 is 19.1 Å². The molecule has 0 spiro atoms. The summed E-state index contributed by atoms with van der Waals surface area (Å²) in [5.74, 6) is 0.311. The van der Waals surface area contributed by atoms with Gasteiger partial charge in [-0.05, 0) is 47.5 Å². The van der Waals surface area contributed by atoms with E-state index in [2.05, 4.69) is 12.2 Å². The summed E-state index contributed by atoms with van der Waals surface area (Å²) >= 11 is 0. The van der Waals surface area contributed by atoms with Gasteiger partial charge in [-0.25, -0.2) is 4.90 Å². The van der Waals surface area contributed by atoms with Crippen LogP contribution >= 0.6 is 0 Å². The number of hydrogen-bond donors (Lipinski definition) is 0. The van der Waals surface area contributed by atoms with Crippen molar-refractivity contribution in [2.75, 3.05) is 12.0 Å². The van der Waals surface area contributed by atoms with E-state index in [1.807, 2.05) is 78.9 Å². The number of imide groups is 1. The number of amides is 2. The first kappa shape index (κ1) is 23.7. The van der Waals surface area contributed by atoms with Crippen LogP contribution in [0.2, 0.25) is 0 Å². The Balaban J connectivity index is 1.33. The number of anilines is 1. The van der Waals surface area contributed by atoms with E-state index in [-0.39, 0.29) is 23.7 Å². The van der Waals surface area contributed by atoms with Crippen molar-refractivity contribution in [1.82, 2.24) is 0 Å². The largest absolute Gasteiger partial charge is 0.497 e. The Morgan fingerprint density at radius 1 is 0.579 bits per heavy atom. The lowest BCUT2D eigenvalue weighted by molar-refractivity contribution is -0.122. The third kappa shape index (κ3) is 4.26. The van der Waals surface area contributed by atoms with E-state index in [1.54, 1.807) is 37.4 Å². The second-order valence-corrected chi connectivity index (χ2v) is 9.60. The summed E-state index contributed by atoms with van der Waals surface area (Å²) < 4.78 is 11.2. The second kappa shape index (κ2) is 10.0. The number of fused-ring (bicyclic) bond motifs is 1. The predicted molar refractivity (Wildman–Crippen MR) is 146 cm³/mol. The van der Waals surface area contributed by atoms with Gasteiger partial charge in [0.2, 0.25) is 11.8 Å². The number of methoxy groups -OCH3 is 1. The maximum absolute atomic E-state index is 14.0. The molecular formula is C33H27NO4. The maximum Gasteiger partial charge on any atom is 0.238 e. The average molecular weight is 502 g/mol. The number of allylic oxidation sites excluding steroid dienone is 2. The first-order valence-electron chi connectivity index (χ1n) is 12.7. The molecule has 4 atom stereocenters. The van der Waals surface area contributed by atoms with E-state index in [0.717, 1.165) is 11.1 Å². The van der Waals surface area contributed by atoms with Gasteiger partial charge < -0.3 is 9.47 Å². The third-order valence-corrected chi connectivity index (χ3v) is 7.44. The molecule has 0 unspecified atom stereocenters. The molecule has 38 heavy (non-hydrogen) atoms. The standard InChI is InChI=1S/C33H27NO4/c1-37-26-13-8-14-27(21-26)38-25-17-15-24(16-18-25)34-32(35)30-28(22-9-4-2-5-10-22)19-20-29(31(30)33(34)36)23-11-6-3-7-12-23/h2-21,28-31H,1H3/t28-,29-,30+,31+/m0/s1. The van der Waals surface area contributed by atoms with Crippen LogP contribution in [0.1, 0.15) is 23.0 Å². The number of carbonyl (C=O) groups excluding carboxylic acids is 2. The zero-order valence-electron chi connectivity index (χ0n) is 20.9. The molecule has 0 N–H and O–H groups in total. The zero-order chi connectivity index (χ0) is 26.1. The van der Waals surface area contributed by atoms with Gasteiger partial charge in [-0.1, -0.05) is 78.9 Å². The van der Waals surface area contributed by atoms with Crippen molar-refractivity contribution in [3.8, 4) is 17.2 Å². The number of benzene rings is 4. The molecule has 0 aromatic heterocycles. The van der Waals surface area contributed by atoms with E-state index < -0.39 is 11.8 Å². The Bertz CT molecular complexity index is 1410. The normalized spacial score (nSPS) is 22.3. The van der Waals surface area contributed by atoms with Crippen molar-refractivity contribution in [1.29, 1.82) is 0 Å². The summed E-state index contributed by atoms with van der Waals surface area (Å²) in [7, 11) is 1.61. The molecule has 2 amide bonds. The van der Waals surface area contributed by atoms with Crippen LogP contribution in [-0.4, -0.2) is 18.9 Å². The minimum absolute atomic E-state index is 0.166. The Labute approximate surface area is 221 Å². The van der Waals surface area contributed by atoms with Gasteiger partial charge in [0.15, 0.2) is 0 Å². The van der Waals surface area contributed by atoms with Crippen molar-refractivity contribution in [3.05, 3.63) is 132 Å². The first-order valence-corrected chi connectivity index (χ1v) is 12.7. The average Bonchev–Trinajstić information content (AvgIpc) is 3.24. The fourth-order valence-electron chi connectivity index (χ4n) is 5.65. The minimum atomic E-state index is -0.479. The molecule has 1 aliphatic carbocycles. The molecule has 1 saturated heterocycles. The van der Waals surface area contributed by atoms with Crippen molar-refractivity contribution >= 4 is 17.5 Å². The highest BCUT2D eigenvalue weighted by Crippen LogP contribution is 2.50. The van der Waals surface area contributed by atoms with Gasteiger partial charge in [0.1, 0.15) is 17.2 Å². The highest BCUT2D eigenvalue weighted by atomic mass is 16.5. The molecule has 6 rings (SSSR count). The molecule has 188 valence electrons. The minimum Gasteiger partial charge on any atom is -0.497 e. The Kier molecular flexibility index (Phi) is 6.26. The summed E-state index contributed by atoms with van der Waals surface area (Å²) in [6, 6.07) is 34.4. The molecule has 5 nitrogen and oxygen atoms in total. The van der Waals surface area contributed by atoms with Crippen LogP contribution in [0.3, 0.4) is 0 Å². The molecule has 0 bridgehead atoms. The van der Waals surface area contributed by atoms with E-state index in [9.17, 15) is 9.59 Å². The molecule has 1 fully saturated rings. The first-order chi connectivity index (χ1) is 18.6. The number of rotatable bonds is 6. The van der Waals surface area contributed by atoms with Gasteiger partial charge in [0.05, 0.1) is 24.6 Å². The van der Waals surface area contributed by atoms with Crippen LogP contribution in [0.4, 0.5) is 5.69 Å². The molecule has 1 aliphatic heterocycles. The topological polar surface area (TPSA) is 55.8 Å². The number of ether oxygens (including phenoxy) is 2. The number of nitrogens with zero attached hydrogens (tertiary/aromatic N) is 1. The molecular weight excluding hydrogens is 474 g/mol. The van der Waals surface area contributed by atoms with Gasteiger partial charge in [-0.15, -0.1) is 0 Å². The van der Waals surface area contributed by atoms with Gasteiger partial charge in [-0.2, -0.15) is 0 Å². The molecule has 5 heteroatoms. The summed E-state index contributed by atoms with van der Waals surface area (Å²) in [5, 5.41) is 0. The molecule has 0 saturated carbocycles. The fraction of sp³-hybridized carbons (Fsp3) is 0.152. The lowest BCUT2D eigenvalue weighted by Gasteiger charge is -2.32. The van der Waals surface area contributed by atoms with Crippen LogP contribution in [0, 0.1) is 11.8 Å². The number of hydrogen-bond acceptors (Lipinski definition) is 4. The maximum atomic E-state index is 14.0. The van der Waals surface area contributed by atoms with Gasteiger partial charge >= 0.3 is 0 Å². The molecule has 2 aliphatic rings. The Morgan fingerprint density at radius 2 is 1.11 bits per heavy atom. The SMILES string of the molecule is COc1cccc(Oc2ccc(N3C(=O)[C@H]4[C@H](C3=O)[C@H](c3ccccc3)C=C[C@H]4c3ccccc3)cc2)c1. The lowest BCUT2D eigenvalue weighted by atomic mass is 9.68. The molecule has 4 aromatic rings. The van der Waals surface area contributed by atoms with Gasteiger partial charge in [0, 0.05) is 17.9 Å². The van der Waals surface area contributed by atoms with Crippen LogP contribution in [0.5, 0.6) is 17.2 Å². The zero-order valence-corrected chi connectivity index (χ0v) is 20.9. The quantitative estimate of drug-likeness (QED) is 0.217. The highest BCUT2D eigenvalue weighted by molar-refractivity contribution is 6.23. The number of carbonyl (C=O) groups is 2. The van der Waals surface area contributed by atoms with E-state index in [1.165, 1.54) is 4.90 Å². The van der Waals surface area contributed by atoms with E-state index in [0.29, 0.717) is 22.9 Å². The smallest absolute Gasteiger partial charge is 0.238 e. The molecule has 0 radical (unpaired) electrons. The van der Waals surface area contributed by atoms with Gasteiger partial charge in [0.25, 0.3) is 0 Å². The van der Waals surface area contributed by atoms with Crippen molar-refractivity contribution in [2.24, 2.45) is 11.8 Å². The van der Waals surface area contributed by atoms with Crippen LogP contribution < -0.4 is 14.4 Å². The van der Waals surface area contributed by atoms with Crippen LogP contribution in [0.15, 0.2) is 121 Å². The van der Waals surface area contributed by atoms with Gasteiger partial charge in [-0.3, -0.25) is 9.59 Å². The molecule has 4 aromatic carbocycles. The van der Waals surface area contributed by atoms with Crippen molar-refractivity contribution in [2.45, 2.75) is 11.8 Å². The van der Waals surface area contributed by atoms with E-state index in [4.69, 9.17) is 9.47 Å². The van der Waals surface area contributed by atoms with Crippen molar-refractivity contribution in [3.63, 3.8) is 0 Å². The third-order valence-electron chi connectivity index (χ3n) is 7.44.